The zero-order valence-corrected chi connectivity index (χ0v) is 14.5. The summed E-state index contributed by atoms with van der Waals surface area (Å²) in [6, 6.07) is 7.48. The normalized spacial score (nSPS) is 16.6. The second-order valence-electron chi connectivity index (χ2n) is 6.54. The molecule has 1 aliphatic rings. The molecule has 3 N–H and O–H groups in total. The molecule has 134 valence electrons. The lowest BCUT2D eigenvalue weighted by molar-refractivity contribution is 0.377. The number of aromatic hydroxyl groups is 1. The number of H-pyrrole nitrogens is 1. The maximum Gasteiger partial charge on any atom is 0.331 e. The number of hydrogen-bond acceptors (Lipinski definition) is 4. The summed E-state index contributed by atoms with van der Waals surface area (Å²) in [6.45, 7) is 3.24. The highest BCUT2D eigenvalue weighted by Crippen LogP contribution is 2.30. The van der Waals surface area contributed by atoms with Gasteiger partial charge >= 0.3 is 5.69 Å². The Bertz CT molecular complexity index is 854. The highest BCUT2D eigenvalue weighted by molar-refractivity contribution is 5.41. The van der Waals surface area contributed by atoms with Crippen LogP contribution in [0.4, 0.5) is 0 Å². The molecule has 1 aliphatic heterocycles. The maximum atomic E-state index is 12.4. The van der Waals surface area contributed by atoms with E-state index >= 15 is 0 Å². The van der Waals surface area contributed by atoms with Crippen LogP contribution in [0.5, 0.6) is 5.88 Å². The van der Waals surface area contributed by atoms with Gasteiger partial charge in [0.05, 0.1) is 11.6 Å². The van der Waals surface area contributed by atoms with E-state index in [0.717, 1.165) is 49.8 Å². The van der Waals surface area contributed by atoms with E-state index in [1.165, 1.54) is 4.57 Å². The Kier molecular flexibility index (Phi) is 5.38. The Labute approximate surface area is 146 Å². The van der Waals surface area contributed by atoms with E-state index in [1.807, 2.05) is 24.3 Å². The lowest BCUT2D eigenvalue weighted by atomic mass is 9.91. The first-order valence-electron chi connectivity index (χ1n) is 9.00. The minimum atomic E-state index is -0.549. The SMILES string of the molecule is CCCCCCn1c(O)c([C@H]2NCCc3ccccc32)c(=O)[nH]c1=O. The number of aromatic amines is 1. The number of fused-ring (bicyclic) bond motifs is 1. The maximum absolute atomic E-state index is 12.4. The summed E-state index contributed by atoms with van der Waals surface area (Å²) < 4.78 is 1.28. The average molecular weight is 343 g/mol. The lowest BCUT2D eigenvalue weighted by Crippen LogP contribution is -2.39. The van der Waals surface area contributed by atoms with E-state index in [-0.39, 0.29) is 11.4 Å². The summed E-state index contributed by atoms with van der Waals surface area (Å²) in [7, 11) is 0. The van der Waals surface area contributed by atoms with Crippen molar-refractivity contribution < 1.29 is 5.11 Å². The third kappa shape index (κ3) is 3.54. The van der Waals surface area contributed by atoms with Crippen molar-refractivity contribution >= 4 is 0 Å². The van der Waals surface area contributed by atoms with Gasteiger partial charge in [-0.05, 0) is 24.0 Å². The Balaban J connectivity index is 2.00. The first-order chi connectivity index (χ1) is 12.1. The van der Waals surface area contributed by atoms with Crippen LogP contribution < -0.4 is 16.6 Å². The van der Waals surface area contributed by atoms with Gasteiger partial charge in [0, 0.05) is 13.1 Å². The van der Waals surface area contributed by atoms with Crippen molar-refractivity contribution in [1.82, 2.24) is 14.9 Å². The lowest BCUT2D eigenvalue weighted by Gasteiger charge is -2.27. The van der Waals surface area contributed by atoms with Crippen LogP contribution in [-0.4, -0.2) is 21.2 Å². The summed E-state index contributed by atoms with van der Waals surface area (Å²) in [6.07, 6.45) is 4.84. The quantitative estimate of drug-likeness (QED) is 0.701. The Hall–Kier alpha value is -2.34. The van der Waals surface area contributed by atoms with E-state index < -0.39 is 17.3 Å². The largest absolute Gasteiger partial charge is 0.494 e. The van der Waals surface area contributed by atoms with Gasteiger partial charge in [-0.3, -0.25) is 14.3 Å². The van der Waals surface area contributed by atoms with E-state index in [0.29, 0.717) is 6.54 Å². The second kappa shape index (κ2) is 7.70. The predicted octanol–water partition coefficient (Wildman–Crippen LogP) is 2.06. The van der Waals surface area contributed by atoms with Gasteiger partial charge in [-0.25, -0.2) is 4.79 Å². The average Bonchev–Trinajstić information content (AvgIpc) is 2.61. The molecule has 6 nitrogen and oxygen atoms in total. The topological polar surface area (TPSA) is 87.1 Å². The van der Waals surface area contributed by atoms with Gasteiger partial charge in [-0.2, -0.15) is 0 Å². The molecule has 0 aliphatic carbocycles. The van der Waals surface area contributed by atoms with Crippen molar-refractivity contribution in [1.29, 1.82) is 0 Å². The van der Waals surface area contributed by atoms with Crippen molar-refractivity contribution in [2.24, 2.45) is 0 Å². The van der Waals surface area contributed by atoms with Crippen molar-refractivity contribution in [3.63, 3.8) is 0 Å². The van der Waals surface area contributed by atoms with Crippen LogP contribution >= 0.6 is 0 Å². The molecule has 1 aromatic heterocycles. The Morgan fingerprint density at radius 2 is 2.00 bits per heavy atom. The number of unbranched alkanes of at least 4 members (excludes halogenated alkanes) is 3. The standard InChI is InChI=1S/C19H25N3O3/c1-2-3-4-7-12-22-18(24)15(17(23)21-19(22)25)16-14-9-6-5-8-13(14)10-11-20-16/h5-6,8-9,16,20,24H,2-4,7,10-12H2,1H3,(H,21,23,25)/t16-/m0/s1. The molecule has 25 heavy (non-hydrogen) atoms. The third-order valence-electron chi connectivity index (χ3n) is 4.84. The number of benzene rings is 1. The van der Waals surface area contributed by atoms with Gasteiger partial charge in [0.1, 0.15) is 0 Å². The van der Waals surface area contributed by atoms with Gasteiger partial charge in [-0.15, -0.1) is 0 Å². The molecular weight excluding hydrogens is 318 g/mol. The van der Waals surface area contributed by atoms with Crippen molar-refractivity contribution in [3.8, 4) is 5.88 Å². The van der Waals surface area contributed by atoms with Crippen LogP contribution in [-0.2, 0) is 13.0 Å². The minimum Gasteiger partial charge on any atom is -0.494 e. The molecule has 2 aromatic rings. The number of nitrogens with zero attached hydrogens (tertiary/aromatic N) is 1. The van der Waals surface area contributed by atoms with E-state index in [2.05, 4.69) is 17.2 Å². The number of rotatable bonds is 6. The molecular formula is C19H25N3O3. The number of nitrogens with one attached hydrogen (secondary N) is 2. The molecule has 1 atom stereocenters. The number of hydrogen-bond donors (Lipinski definition) is 3. The Morgan fingerprint density at radius 1 is 1.20 bits per heavy atom. The molecule has 1 aromatic carbocycles. The molecule has 0 saturated carbocycles. The van der Waals surface area contributed by atoms with E-state index in [1.54, 1.807) is 0 Å². The van der Waals surface area contributed by atoms with Crippen LogP contribution in [0.15, 0.2) is 33.9 Å². The summed E-state index contributed by atoms with van der Waals surface area (Å²) >= 11 is 0. The number of aromatic nitrogens is 2. The molecule has 0 bridgehead atoms. The van der Waals surface area contributed by atoms with Gasteiger partial charge in [0.25, 0.3) is 5.56 Å². The fourth-order valence-corrected chi connectivity index (χ4v) is 3.50. The van der Waals surface area contributed by atoms with Gasteiger partial charge < -0.3 is 10.4 Å². The van der Waals surface area contributed by atoms with Crippen LogP contribution in [0.1, 0.15) is 55.3 Å². The second-order valence-corrected chi connectivity index (χ2v) is 6.54. The molecule has 0 radical (unpaired) electrons. The first-order valence-corrected chi connectivity index (χ1v) is 9.00. The predicted molar refractivity (Wildman–Crippen MR) is 97.1 cm³/mol. The zero-order chi connectivity index (χ0) is 17.8. The summed E-state index contributed by atoms with van der Waals surface area (Å²) in [5.74, 6) is -0.223. The van der Waals surface area contributed by atoms with Gasteiger partial charge in [0.15, 0.2) is 0 Å². The van der Waals surface area contributed by atoms with Gasteiger partial charge in [0.2, 0.25) is 5.88 Å². The first kappa shape index (κ1) is 17.5. The molecule has 3 rings (SSSR count). The van der Waals surface area contributed by atoms with Crippen LogP contribution in [0.25, 0.3) is 0 Å². The molecule has 6 heteroatoms. The van der Waals surface area contributed by atoms with Gasteiger partial charge in [-0.1, -0.05) is 50.5 Å². The third-order valence-corrected chi connectivity index (χ3v) is 4.84. The van der Waals surface area contributed by atoms with Crippen LogP contribution in [0.3, 0.4) is 0 Å². The van der Waals surface area contributed by atoms with Crippen LogP contribution in [0, 0.1) is 0 Å². The fourth-order valence-electron chi connectivity index (χ4n) is 3.50. The smallest absolute Gasteiger partial charge is 0.331 e. The summed E-state index contributed by atoms with van der Waals surface area (Å²) in [4.78, 5) is 26.9. The summed E-state index contributed by atoms with van der Waals surface area (Å²) in [5.41, 5.74) is 1.28. The van der Waals surface area contributed by atoms with Crippen molar-refractivity contribution in [3.05, 3.63) is 61.8 Å². The molecule has 0 saturated heterocycles. The van der Waals surface area contributed by atoms with E-state index in [9.17, 15) is 14.7 Å². The molecule has 0 fully saturated rings. The molecule has 2 heterocycles. The Morgan fingerprint density at radius 3 is 2.80 bits per heavy atom. The fraction of sp³-hybridized carbons (Fsp3) is 0.474. The monoisotopic (exact) mass is 343 g/mol. The minimum absolute atomic E-state index is 0.223. The van der Waals surface area contributed by atoms with Crippen molar-refractivity contribution in [2.75, 3.05) is 6.54 Å². The summed E-state index contributed by atoms with van der Waals surface area (Å²) in [5, 5.41) is 14.0. The van der Waals surface area contributed by atoms with Crippen molar-refractivity contribution in [2.45, 2.75) is 51.6 Å². The highest BCUT2D eigenvalue weighted by Gasteiger charge is 2.28. The molecule has 0 amide bonds. The molecule has 0 spiro atoms. The van der Waals surface area contributed by atoms with E-state index in [4.69, 9.17) is 0 Å². The highest BCUT2D eigenvalue weighted by atomic mass is 16.3. The van der Waals surface area contributed by atoms with Crippen LogP contribution in [0.2, 0.25) is 0 Å². The zero-order valence-electron chi connectivity index (χ0n) is 14.5. The molecule has 0 unspecified atom stereocenters.